The Bertz CT molecular complexity index is 1260. The molecule has 0 radical (unpaired) electrons. The number of amides is 3. The van der Waals surface area contributed by atoms with Gasteiger partial charge in [-0.05, 0) is 38.8 Å². The number of morpholine rings is 1. The molecule has 0 unspecified atom stereocenters. The van der Waals surface area contributed by atoms with Gasteiger partial charge in [0, 0.05) is 44.7 Å². The van der Waals surface area contributed by atoms with Gasteiger partial charge in [0.1, 0.15) is 11.4 Å². The minimum Gasteiger partial charge on any atom is -0.444 e. The van der Waals surface area contributed by atoms with E-state index in [4.69, 9.17) is 9.47 Å². The lowest BCUT2D eigenvalue weighted by Gasteiger charge is -2.36. The Kier molecular flexibility index (Phi) is 11.2. The SMILES string of the molecule is CC(C)(C)OC(=O)N[C@@H](CC(=O)N1CCN(S(C)(=O)=O)CCN1C(=O)CN1CCOCC1)Cc1cc(F)c(F)cc1F. The molecule has 1 N–H and O–H groups in total. The molecule has 0 spiro atoms. The molecular weight excluding hydrogens is 583 g/mol. The summed E-state index contributed by atoms with van der Waals surface area (Å²) in [6, 6.07) is -0.137. The lowest BCUT2D eigenvalue weighted by atomic mass is 10.0. The van der Waals surface area contributed by atoms with Gasteiger partial charge in [-0.2, -0.15) is 4.31 Å². The third kappa shape index (κ3) is 9.81. The molecule has 1 atom stereocenters. The number of sulfonamides is 1. The molecule has 42 heavy (non-hydrogen) atoms. The van der Waals surface area contributed by atoms with E-state index in [-0.39, 0.29) is 38.3 Å². The Morgan fingerprint density at radius 1 is 0.929 bits per heavy atom. The molecule has 2 heterocycles. The van der Waals surface area contributed by atoms with Crippen molar-refractivity contribution in [2.75, 3.05) is 65.3 Å². The lowest BCUT2D eigenvalue weighted by Crippen LogP contribution is -2.55. The number of hydrogen-bond donors (Lipinski definition) is 1. The van der Waals surface area contributed by atoms with Gasteiger partial charge in [-0.25, -0.2) is 31.4 Å². The maximum Gasteiger partial charge on any atom is 0.407 e. The normalized spacial score (nSPS) is 18.4. The first kappa shape index (κ1) is 33.6. The van der Waals surface area contributed by atoms with E-state index in [1.807, 2.05) is 4.90 Å². The standard InChI is InChI=1S/C26H38F3N5O7S/c1-26(2,3)41-25(37)30-19(13-18-14-21(28)22(29)16-20(18)27)15-23(35)33-7-5-32(42(4,38)39)6-8-34(33)24(36)17-31-9-11-40-12-10-31/h14,16,19H,5-13,15,17H2,1-4H3,(H,30,37)/t19-/m1/s1. The number of hydrogen-bond acceptors (Lipinski definition) is 8. The second kappa shape index (κ2) is 14.0. The van der Waals surface area contributed by atoms with Gasteiger partial charge < -0.3 is 14.8 Å². The van der Waals surface area contributed by atoms with Crippen LogP contribution in [0.4, 0.5) is 18.0 Å². The highest BCUT2D eigenvalue weighted by Crippen LogP contribution is 2.19. The van der Waals surface area contributed by atoms with Crippen LogP contribution < -0.4 is 5.32 Å². The molecule has 2 aliphatic rings. The van der Waals surface area contributed by atoms with Crippen LogP contribution in [0, 0.1) is 17.5 Å². The average Bonchev–Trinajstić information content (AvgIpc) is 3.10. The van der Waals surface area contributed by atoms with E-state index in [0.29, 0.717) is 38.4 Å². The average molecular weight is 622 g/mol. The topological polar surface area (TPSA) is 129 Å². The van der Waals surface area contributed by atoms with Gasteiger partial charge in [-0.15, -0.1) is 0 Å². The molecule has 2 fully saturated rings. The number of carbonyl (C=O) groups is 3. The third-order valence-corrected chi connectivity index (χ3v) is 7.92. The van der Waals surface area contributed by atoms with Crippen LogP contribution in [-0.4, -0.2) is 122 Å². The largest absolute Gasteiger partial charge is 0.444 e. The molecule has 3 rings (SSSR count). The summed E-state index contributed by atoms with van der Waals surface area (Å²) in [6.45, 7) is 6.29. The number of rotatable bonds is 8. The fourth-order valence-electron chi connectivity index (χ4n) is 4.60. The van der Waals surface area contributed by atoms with Gasteiger partial charge in [0.25, 0.3) is 5.91 Å². The highest BCUT2D eigenvalue weighted by molar-refractivity contribution is 7.88. The molecule has 1 aromatic carbocycles. The van der Waals surface area contributed by atoms with Crippen LogP contribution in [0.5, 0.6) is 0 Å². The minimum absolute atomic E-state index is 0.0360. The highest BCUT2D eigenvalue weighted by atomic mass is 32.2. The number of benzene rings is 1. The van der Waals surface area contributed by atoms with Crippen molar-refractivity contribution in [1.29, 1.82) is 0 Å². The zero-order chi connectivity index (χ0) is 31.2. The van der Waals surface area contributed by atoms with Crippen molar-refractivity contribution in [3.05, 3.63) is 35.1 Å². The Morgan fingerprint density at radius 3 is 2.07 bits per heavy atom. The number of halogens is 3. The number of ether oxygens (including phenoxy) is 2. The van der Waals surface area contributed by atoms with Crippen molar-refractivity contribution in [2.45, 2.75) is 45.3 Å². The Labute approximate surface area is 243 Å². The Balaban J connectivity index is 1.86. The summed E-state index contributed by atoms with van der Waals surface area (Å²) in [5.74, 6) is -4.88. The van der Waals surface area contributed by atoms with E-state index in [0.717, 1.165) is 15.6 Å². The first-order valence-electron chi connectivity index (χ1n) is 13.5. The second-order valence-electron chi connectivity index (χ2n) is 11.2. The third-order valence-electron chi connectivity index (χ3n) is 6.62. The molecule has 3 amide bonds. The zero-order valence-corrected chi connectivity index (χ0v) is 25.0. The minimum atomic E-state index is -3.63. The summed E-state index contributed by atoms with van der Waals surface area (Å²) >= 11 is 0. The van der Waals surface area contributed by atoms with E-state index >= 15 is 0 Å². The van der Waals surface area contributed by atoms with Crippen LogP contribution in [0.15, 0.2) is 12.1 Å². The molecule has 16 heteroatoms. The maximum atomic E-state index is 14.5. The van der Waals surface area contributed by atoms with Crippen LogP contribution in [0.2, 0.25) is 0 Å². The summed E-state index contributed by atoms with van der Waals surface area (Å²) in [5, 5.41) is 4.80. The van der Waals surface area contributed by atoms with E-state index in [9.17, 15) is 36.0 Å². The van der Waals surface area contributed by atoms with Gasteiger partial charge in [0.05, 0.1) is 39.1 Å². The number of hydrazine groups is 1. The summed E-state index contributed by atoms with van der Waals surface area (Å²) in [7, 11) is -3.63. The molecule has 0 aliphatic carbocycles. The van der Waals surface area contributed by atoms with E-state index in [1.165, 1.54) is 5.01 Å². The van der Waals surface area contributed by atoms with E-state index in [2.05, 4.69) is 5.32 Å². The molecule has 12 nitrogen and oxygen atoms in total. The molecule has 2 aliphatic heterocycles. The van der Waals surface area contributed by atoms with Gasteiger partial charge in [-0.1, -0.05) is 0 Å². The summed E-state index contributed by atoms with van der Waals surface area (Å²) in [4.78, 5) is 41.5. The fourth-order valence-corrected chi connectivity index (χ4v) is 5.43. The van der Waals surface area contributed by atoms with Gasteiger partial charge in [-0.3, -0.25) is 19.5 Å². The fraction of sp³-hybridized carbons (Fsp3) is 0.654. The molecule has 1 aromatic rings. The second-order valence-corrected chi connectivity index (χ2v) is 13.2. The van der Waals surface area contributed by atoms with Crippen molar-refractivity contribution >= 4 is 27.9 Å². The van der Waals surface area contributed by atoms with Gasteiger partial charge >= 0.3 is 6.09 Å². The predicted molar refractivity (Wildman–Crippen MR) is 145 cm³/mol. The zero-order valence-electron chi connectivity index (χ0n) is 24.2. The molecule has 236 valence electrons. The van der Waals surface area contributed by atoms with E-state index < -0.39 is 69.9 Å². The molecule has 0 saturated carbocycles. The highest BCUT2D eigenvalue weighted by Gasteiger charge is 2.34. The van der Waals surface area contributed by atoms with Crippen molar-refractivity contribution in [3.63, 3.8) is 0 Å². The van der Waals surface area contributed by atoms with Crippen LogP contribution in [-0.2, 0) is 35.5 Å². The Hall–Kier alpha value is -2.95. The predicted octanol–water partition coefficient (Wildman–Crippen LogP) is 1.11. The molecule has 0 bridgehead atoms. The van der Waals surface area contributed by atoms with Crippen molar-refractivity contribution < 1.29 is 45.4 Å². The summed E-state index contributed by atoms with van der Waals surface area (Å²) < 4.78 is 78.2. The Morgan fingerprint density at radius 2 is 1.50 bits per heavy atom. The molecule has 0 aromatic heterocycles. The quantitative estimate of drug-likeness (QED) is 0.428. The van der Waals surface area contributed by atoms with E-state index in [1.54, 1.807) is 20.8 Å². The first-order chi connectivity index (χ1) is 19.5. The van der Waals surface area contributed by atoms with Crippen LogP contribution in [0.3, 0.4) is 0 Å². The molecular formula is C26H38F3N5O7S. The van der Waals surface area contributed by atoms with Crippen molar-refractivity contribution in [1.82, 2.24) is 24.5 Å². The van der Waals surface area contributed by atoms with Crippen molar-refractivity contribution in [3.8, 4) is 0 Å². The number of carbonyl (C=O) groups excluding carboxylic acids is 3. The van der Waals surface area contributed by atoms with Crippen LogP contribution in [0.25, 0.3) is 0 Å². The van der Waals surface area contributed by atoms with Crippen LogP contribution in [0.1, 0.15) is 32.8 Å². The monoisotopic (exact) mass is 621 g/mol. The van der Waals surface area contributed by atoms with Crippen LogP contribution >= 0.6 is 0 Å². The number of nitrogens with zero attached hydrogens (tertiary/aromatic N) is 4. The summed E-state index contributed by atoms with van der Waals surface area (Å²) in [5.41, 5.74) is -1.20. The van der Waals surface area contributed by atoms with Crippen molar-refractivity contribution in [2.24, 2.45) is 0 Å². The maximum absolute atomic E-state index is 14.5. The van der Waals surface area contributed by atoms with Gasteiger partial charge in [0.2, 0.25) is 15.9 Å². The smallest absolute Gasteiger partial charge is 0.407 e. The van der Waals surface area contributed by atoms with Gasteiger partial charge in [0.15, 0.2) is 11.6 Å². The lowest BCUT2D eigenvalue weighted by molar-refractivity contribution is -0.164. The molecule has 2 saturated heterocycles. The summed E-state index contributed by atoms with van der Waals surface area (Å²) in [6.07, 6.45) is -0.791. The number of nitrogens with one attached hydrogen (secondary N) is 1. The first-order valence-corrected chi connectivity index (χ1v) is 15.4. The number of alkyl carbamates (subject to hydrolysis) is 1.